The lowest BCUT2D eigenvalue weighted by atomic mass is 10.1. The highest BCUT2D eigenvalue weighted by atomic mass is 32.2. The number of nitrogens with zero attached hydrogens (tertiary/aromatic N) is 7. The summed E-state index contributed by atoms with van der Waals surface area (Å²) in [5, 5.41) is 7.40. The largest absolute Gasteiger partial charge is 0.479 e. The van der Waals surface area contributed by atoms with Gasteiger partial charge in [0.2, 0.25) is 27.7 Å². The van der Waals surface area contributed by atoms with E-state index in [9.17, 15) is 8.42 Å². The molecular formula is C23H32N8O6S. The normalized spacial score (nSPS) is 17.4. The van der Waals surface area contributed by atoms with E-state index in [2.05, 4.69) is 34.9 Å². The molecule has 0 spiro atoms. The minimum Gasteiger partial charge on any atom is -0.479 e. The van der Waals surface area contributed by atoms with Gasteiger partial charge in [0.05, 0.1) is 26.9 Å². The Morgan fingerprint density at radius 3 is 2.26 bits per heavy atom. The van der Waals surface area contributed by atoms with Crippen molar-refractivity contribution >= 4 is 16.0 Å². The first-order valence-corrected chi connectivity index (χ1v) is 13.6. The molecule has 206 valence electrons. The Bertz CT molecular complexity index is 1320. The maximum Gasteiger partial charge on any atom is 0.245 e. The molecule has 0 radical (unpaired) electrons. The Morgan fingerprint density at radius 1 is 1.05 bits per heavy atom. The van der Waals surface area contributed by atoms with Crippen molar-refractivity contribution in [2.45, 2.75) is 57.5 Å². The minimum absolute atomic E-state index is 0.0849. The number of ether oxygens (including phenoxy) is 4. The quantitative estimate of drug-likeness (QED) is 0.371. The van der Waals surface area contributed by atoms with Crippen LogP contribution in [0, 0.1) is 6.92 Å². The predicted molar refractivity (Wildman–Crippen MR) is 136 cm³/mol. The molecule has 14 nitrogen and oxygen atoms in total. The SMILES string of the molecule is COc1ncnc(OC)c1-n1c(NS(=O)(=O)[C@@H](C)[C@@H](OC(C)C)c2ncc(C)cn2)nnc1[C@@H]1CCOC1. The number of rotatable bonds is 11. The lowest BCUT2D eigenvalue weighted by Gasteiger charge is -2.25. The summed E-state index contributed by atoms with van der Waals surface area (Å²) in [5.74, 6) is 0.783. The van der Waals surface area contributed by atoms with Crippen LogP contribution in [0.25, 0.3) is 5.69 Å². The van der Waals surface area contributed by atoms with Gasteiger partial charge < -0.3 is 18.9 Å². The summed E-state index contributed by atoms with van der Waals surface area (Å²) >= 11 is 0. The highest BCUT2D eigenvalue weighted by Crippen LogP contribution is 2.36. The van der Waals surface area contributed by atoms with Gasteiger partial charge in [-0.3, -0.25) is 9.29 Å². The van der Waals surface area contributed by atoms with Gasteiger partial charge in [-0.05, 0) is 39.7 Å². The molecule has 38 heavy (non-hydrogen) atoms. The number of nitrogens with one attached hydrogen (secondary N) is 1. The van der Waals surface area contributed by atoms with Crippen LogP contribution < -0.4 is 14.2 Å². The zero-order chi connectivity index (χ0) is 27.4. The van der Waals surface area contributed by atoms with Crippen molar-refractivity contribution in [2.24, 2.45) is 0 Å². The third-order valence-electron chi connectivity index (χ3n) is 5.97. The molecule has 15 heteroatoms. The first-order valence-electron chi connectivity index (χ1n) is 12.1. The Balaban J connectivity index is 1.78. The summed E-state index contributed by atoms with van der Waals surface area (Å²) in [6, 6.07) is 0. The molecule has 3 aromatic heterocycles. The second-order valence-electron chi connectivity index (χ2n) is 9.09. The third-order valence-corrected chi connectivity index (χ3v) is 7.67. The Kier molecular flexibility index (Phi) is 8.38. The number of aromatic nitrogens is 7. The maximum absolute atomic E-state index is 13.7. The smallest absolute Gasteiger partial charge is 0.245 e. The van der Waals surface area contributed by atoms with E-state index in [-0.39, 0.29) is 41.2 Å². The molecule has 1 aliphatic rings. The van der Waals surface area contributed by atoms with E-state index in [0.29, 0.717) is 25.5 Å². The number of methoxy groups -OCH3 is 2. The van der Waals surface area contributed by atoms with Gasteiger partial charge in [0, 0.05) is 24.9 Å². The van der Waals surface area contributed by atoms with Crippen LogP contribution in [0.1, 0.15) is 56.4 Å². The highest BCUT2D eigenvalue weighted by Gasteiger charge is 2.37. The first kappa shape index (κ1) is 27.6. The summed E-state index contributed by atoms with van der Waals surface area (Å²) in [6.07, 6.45) is 3.96. The van der Waals surface area contributed by atoms with Crippen molar-refractivity contribution in [3.8, 4) is 17.4 Å². The number of hydrogen-bond acceptors (Lipinski definition) is 12. The van der Waals surface area contributed by atoms with E-state index in [1.165, 1.54) is 32.0 Å². The molecule has 0 amide bonds. The van der Waals surface area contributed by atoms with Crippen molar-refractivity contribution in [3.05, 3.63) is 35.9 Å². The molecule has 0 bridgehead atoms. The number of aryl methyl sites for hydroxylation is 1. The lowest BCUT2D eigenvalue weighted by molar-refractivity contribution is 0.00152. The molecule has 0 aliphatic carbocycles. The van der Waals surface area contributed by atoms with Gasteiger partial charge in [-0.2, -0.15) is 9.97 Å². The minimum atomic E-state index is -4.13. The first-order chi connectivity index (χ1) is 18.2. The summed E-state index contributed by atoms with van der Waals surface area (Å²) in [7, 11) is -1.25. The van der Waals surface area contributed by atoms with E-state index < -0.39 is 21.4 Å². The van der Waals surface area contributed by atoms with Crippen LogP contribution in [0.4, 0.5) is 5.95 Å². The Morgan fingerprint density at radius 2 is 1.71 bits per heavy atom. The molecule has 0 aromatic carbocycles. The molecule has 0 saturated carbocycles. The fraction of sp³-hybridized carbons (Fsp3) is 0.565. The monoisotopic (exact) mass is 548 g/mol. The second-order valence-corrected chi connectivity index (χ2v) is 11.1. The van der Waals surface area contributed by atoms with Gasteiger partial charge in [-0.15, -0.1) is 10.2 Å². The summed E-state index contributed by atoms with van der Waals surface area (Å²) < 4.78 is 54.0. The van der Waals surface area contributed by atoms with Crippen LogP contribution in [0.15, 0.2) is 18.7 Å². The van der Waals surface area contributed by atoms with E-state index >= 15 is 0 Å². The molecule has 0 unspecified atom stereocenters. The molecule has 1 aliphatic heterocycles. The average Bonchev–Trinajstić information content (AvgIpc) is 3.56. The summed E-state index contributed by atoms with van der Waals surface area (Å²) in [6.45, 7) is 7.94. The molecule has 3 aromatic rings. The van der Waals surface area contributed by atoms with Crippen LogP contribution in [-0.2, 0) is 19.5 Å². The van der Waals surface area contributed by atoms with Crippen LogP contribution in [0.3, 0.4) is 0 Å². The van der Waals surface area contributed by atoms with Gasteiger partial charge >= 0.3 is 0 Å². The zero-order valence-electron chi connectivity index (χ0n) is 22.2. The van der Waals surface area contributed by atoms with E-state index in [0.717, 1.165) is 5.56 Å². The molecule has 1 saturated heterocycles. The standard InChI is InChI=1S/C23H32N8O6S/c1-13(2)37-18(19-24-9-14(3)10-25-19)15(4)38(32,33)30-23-29-28-20(16-7-8-36-11-16)31(23)17-21(34-5)26-12-27-22(17)35-6/h9-10,12-13,15-16,18H,7-8,11H2,1-6H3,(H,29,30)/t15-,16+,18+/m0/s1. The van der Waals surface area contributed by atoms with Crippen molar-refractivity contribution in [2.75, 3.05) is 32.2 Å². The molecular weight excluding hydrogens is 516 g/mol. The number of anilines is 1. The van der Waals surface area contributed by atoms with Crippen molar-refractivity contribution in [1.82, 2.24) is 34.7 Å². The lowest BCUT2D eigenvalue weighted by Crippen LogP contribution is -2.35. The van der Waals surface area contributed by atoms with Gasteiger partial charge in [0.25, 0.3) is 0 Å². The Hall–Kier alpha value is -3.43. The average molecular weight is 549 g/mol. The summed E-state index contributed by atoms with van der Waals surface area (Å²) in [4.78, 5) is 17.0. The van der Waals surface area contributed by atoms with Crippen molar-refractivity contribution in [1.29, 1.82) is 0 Å². The van der Waals surface area contributed by atoms with Crippen LogP contribution in [0.5, 0.6) is 11.8 Å². The molecule has 3 atom stereocenters. The topological polar surface area (TPSA) is 165 Å². The van der Waals surface area contributed by atoms with Crippen molar-refractivity contribution in [3.63, 3.8) is 0 Å². The molecule has 1 N–H and O–H groups in total. The Labute approximate surface area is 221 Å². The fourth-order valence-corrected chi connectivity index (χ4v) is 5.11. The molecule has 4 rings (SSSR count). The zero-order valence-corrected chi connectivity index (χ0v) is 23.0. The van der Waals surface area contributed by atoms with Gasteiger partial charge in [-0.25, -0.2) is 18.4 Å². The van der Waals surface area contributed by atoms with Crippen LogP contribution in [0.2, 0.25) is 0 Å². The second kappa shape index (κ2) is 11.5. The molecule has 1 fully saturated rings. The van der Waals surface area contributed by atoms with Crippen LogP contribution in [-0.4, -0.2) is 81.9 Å². The highest BCUT2D eigenvalue weighted by molar-refractivity contribution is 7.93. The number of hydrogen-bond donors (Lipinski definition) is 1. The number of sulfonamides is 1. The predicted octanol–water partition coefficient (Wildman–Crippen LogP) is 1.97. The van der Waals surface area contributed by atoms with E-state index in [1.807, 2.05) is 20.8 Å². The van der Waals surface area contributed by atoms with Crippen molar-refractivity contribution < 1.29 is 27.4 Å². The van der Waals surface area contributed by atoms with Gasteiger partial charge in [0.15, 0.2) is 11.5 Å². The maximum atomic E-state index is 13.7. The van der Waals surface area contributed by atoms with Gasteiger partial charge in [0.1, 0.15) is 23.5 Å². The van der Waals surface area contributed by atoms with E-state index in [1.54, 1.807) is 12.4 Å². The van der Waals surface area contributed by atoms with E-state index in [4.69, 9.17) is 18.9 Å². The summed E-state index contributed by atoms with van der Waals surface area (Å²) in [5.41, 5.74) is 1.10. The fourth-order valence-electron chi connectivity index (χ4n) is 4.03. The van der Waals surface area contributed by atoms with Crippen LogP contribution >= 0.6 is 0 Å². The third kappa shape index (κ3) is 5.68. The molecule has 4 heterocycles. The van der Waals surface area contributed by atoms with Gasteiger partial charge in [-0.1, -0.05) is 0 Å².